The highest BCUT2D eigenvalue weighted by molar-refractivity contribution is 6.05. The van der Waals surface area contributed by atoms with Crippen LogP contribution in [0.3, 0.4) is 0 Å². The van der Waals surface area contributed by atoms with Crippen molar-refractivity contribution in [2.45, 2.75) is 26.4 Å². The molecule has 0 atom stereocenters. The van der Waals surface area contributed by atoms with Crippen LogP contribution < -0.4 is 4.74 Å². The molecule has 0 radical (unpaired) electrons. The lowest BCUT2D eigenvalue weighted by Crippen LogP contribution is -2.36. The number of benzene rings is 2. The summed E-state index contributed by atoms with van der Waals surface area (Å²) in [5.41, 5.74) is -0.662. The lowest BCUT2D eigenvalue weighted by molar-refractivity contribution is -0.149. The van der Waals surface area contributed by atoms with Gasteiger partial charge in [0.25, 0.3) is 0 Å². The molecule has 0 N–H and O–H groups in total. The molecule has 0 unspecified atom stereocenters. The van der Waals surface area contributed by atoms with E-state index in [0.29, 0.717) is 5.56 Å². The second-order valence-corrected chi connectivity index (χ2v) is 5.36. The number of Topliss-reactive ketones (excluding diaryl/α,β-unsaturated/α-hetero) is 1. The summed E-state index contributed by atoms with van der Waals surface area (Å²) >= 11 is 0. The number of fused-ring (bicyclic) bond motifs is 1. The van der Waals surface area contributed by atoms with Crippen molar-refractivity contribution in [3.63, 3.8) is 0 Å². The highest BCUT2D eigenvalue weighted by atomic mass is 16.6. The van der Waals surface area contributed by atoms with Gasteiger partial charge in [0.2, 0.25) is 5.78 Å². The second kappa shape index (κ2) is 5.56. The quantitative estimate of drug-likeness (QED) is 0.638. The first kappa shape index (κ1) is 15.0. The zero-order valence-electron chi connectivity index (χ0n) is 12.6. The Morgan fingerprint density at radius 3 is 2.24 bits per heavy atom. The fourth-order valence-electron chi connectivity index (χ4n) is 2.25. The van der Waals surface area contributed by atoms with Gasteiger partial charge >= 0.3 is 5.97 Å². The van der Waals surface area contributed by atoms with Gasteiger partial charge in [0.05, 0.1) is 7.11 Å². The summed E-state index contributed by atoms with van der Waals surface area (Å²) in [4.78, 5) is 23.6. The monoisotopic (exact) mass is 286 g/mol. The molecule has 21 heavy (non-hydrogen) atoms. The van der Waals surface area contributed by atoms with E-state index >= 15 is 0 Å². The van der Waals surface area contributed by atoms with Crippen molar-refractivity contribution < 1.29 is 19.1 Å². The van der Waals surface area contributed by atoms with Gasteiger partial charge in [0.15, 0.2) is 5.60 Å². The summed E-state index contributed by atoms with van der Waals surface area (Å²) in [7, 11) is 1.61. The van der Waals surface area contributed by atoms with Crippen LogP contribution >= 0.6 is 0 Å². The number of hydrogen-bond donors (Lipinski definition) is 0. The standard InChI is InChI=1S/C17H18O4/c1-11(18)21-17(2,3)16(19)14-6-5-13-10-15(20-4)8-7-12(13)9-14/h5-10H,1-4H3. The third-order valence-electron chi connectivity index (χ3n) is 3.26. The van der Waals surface area contributed by atoms with Crippen LogP contribution in [0.2, 0.25) is 0 Å². The Balaban J connectivity index is 2.38. The van der Waals surface area contributed by atoms with Crippen molar-refractivity contribution in [1.29, 1.82) is 0 Å². The lowest BCUT2D eigenvalue weighted by Gasteiger charge is -2.23. The van der Waals surface area contributed by atoms with Gasteiger partial charge in [-0.2, -0.15) is 0 Å². The Hall–Kier alpha value is -2.36. The largest absolute Gasteiger partial charge is 0.497 e. The van der Waals surface area contributed by atoms with Crippen molar-refractivity contribution >= 4 is 22.5 Å². The summed E-state index contributed by atoms with van der Waals surface area (Å²) < 4.78 is 10.3. The lowest BCUT2D eigenvalue weighted by atomic mass is 9.94. The minimum absolute atomic E-state index is 0.226. The molecule has 110 valence electrons. The number of methoxy groups -OCH3 is 1. The fraction of sp³-hybridized carbons (Fsp3) is 0.294. The van der Waals surface area contributed by atoms with Gasteiger partial charge in [0.1, 0.15) is 5.75 Å². The van der Waals surface area contributed by atoms with Crippen molar-refractivity contribution in [1.82, 2.24) is 0 Å². The SMILES string of the molecule is COc1ccc2cc(C(=O)C(C)(C)OC(C)=O)ccc2c1. The molecule has 0 saturated carbocycles. The molecule has 0 amide bonds. The average molecular weight is 286 g/mol. The molecule has 4 nitrogen and oxygen atoms in total. The van der Waals surface area contributed by atoms with E-state index in [9.17, 15) is 9.59 Å². The minimum Gasteiger partial charge on any atom is -0.497 e. The molecule has 2 aromatic carbocycles. The molecule has 2 rings (SSSR count). The Kier molecular flexibility index (Phi) is 3.98. The van der Waals surface area contributed by atoms with E-state index in [2.05, 4.69) is 0 Å². The van der Waals surface area contributed by atoms with Crippen LogP contribution in [0.5, 0.6) is 5.75 Å². The number of hydrogen-bond acceptors (Lipinski definition) is 4. The Bertz CT molecular complexity index is 701. The topological polar surface area (TPSA) is 52.6 Å². The number of carbonyl (C=O) groups excluding carboxylic acids is 2. The molecule has 0 fully saturated rings. The maximum atomic E-state index is 12.5. The molecule has 4 heteroatoms. The van der Waals surface area contributed by atoms with Crippen LogP contribution in [0.25, 0.3) is 10.8 Å². The second-order valence-electron chi connectivity index (χ2n) is 5.36. The highest BCUT2D eigenvalue weighted by Gasteiger charge is 2.31. The Labute approximate surface area is 123 Å². The van der Waals surface area contributed by atoms with Gasteiger partial charge in [-0.1, -0.05) is 18.2 Å². The fourth-order valence-corrected chi connectivity index (χ4v) is 2.25. The Morgan fingerprint density at radius 2 is 1.62 bits per heavy atom. The van der Waals surface area contributed by atoms with Crippen molar-refractivity contribution in [2.75, 3.05) is 7.11 Å². The van der Waals surface area contributed by atoms with Gasteiger partial charge in [-0.3, -0.25) is 9.59 Å². The third-order valence-corrected chi connectivity index (χ3v) is 3.26. The molecule has 0 saturated heterocycles. The first-order chi connectivity index (χ1) is 9.83. The summed E-state index contributed by atoms with van der Waals surface area (Å²) in [6.45, 7) is 4.48. The van der Waals surface area contributed by atoms with Gasteiger partial charge in [-0.25, -0.2) is 0 Å². The Morgan fingerprint density at radius 1 is 1.00 bits per heavy atom. The predicted molar refractivity (Wildman–Crippen MR) is 80.7 cm³/mol. The van der Waals surface area contributed by atoms with Crippen LogP contribution in [0.1, 0.15) is 31.1 Å². The van der Waals surface area contributed by atoms with E-state index in [1.807, 2.05) is 24.3 Å². The molecule has 0 aliphatic carbocycles. The van der Waals surface area contributed by atoms with E-state index < -0.39 is 11.6 Å². The number of rotatable bonds is 4. The number of carbonyl (C=O) groups is 2. The maximum Gasteiger partial charge on any atom is 0.303 e. The van der Waals surface area contributed by atoms with Crippen LogP contribution in [0.15, 0.2) is 36.4 Å². The van der Waals surface area contributed by atoms with Gasteiger partial charge in [0, 0.05) is 12.5 Å². The molecule has 0 heterocycles. The van der Waals surface area contributed by atoms with E-state index in [1.54, 1.807) is 33.1 Å². The molecule has 0 aliphatic rings. The van der Waals surface area contributed by atoms with Gasteiger partial charge in [-0.05, 0) is 42.8 Å². The zero-order valence-corrected chi connectivity index (χ0v) is 12.6. The summed E-state index contributed by atoms with van der Waals surface area (Å²) in [5.74, 6) is 0.0658. The first-order valence-electron chi connectivity index (χ1n) is 6.65. The van der Waals surface area contributed by atoms with Crippen LogP contribution in [-0.2, 0) is 9.53 Å². The number of ether oxygens (including phenoxy) is 2. The van der Waals surface area contributed by atoms with E-state index in [-0.39, 0.29) is 5.78 Å². The minimum atomic E-state index is -1.17. The van der Waals surface area contributed by atoms with E-state index in [1.165, 1.54) is 6.92 Å². The van der Waals surface area contributed by atoms with E-state index in [4.69, 9.17) is 9.47 Å². The molecule has 0 aromatic heterocycles. The third kappa shape index (κ3) is 3.21. The predicted octanol–water partition coefficient (Wildman–Crippen LogP) is 3.37. The van der Waals surface area contributed by atoms with E-state index in [0.717, 1.165) is 16.5 Å². The molecule has 0 aliphatic heterocycles. The van der Waals surface area contributed by atoms with Crippen LogP contribution in [0, 0.1) is 0 Å². The highest BCUT2D eigenvalue weighted by Crippen LogP contribution is 2.24. The number of ketones is 1. The first-order valence-corrected chi connectivity index (χ1v) is 6.65. The number of esters is 1. The van der Waals surface area contributed by atoms with Crippen molar-refractivity contribution in [2.24, 2.45) is 0 Å². The smallest absolute Gasteiger partial charge is 0.303 e. The van der Waals surface area contributed by atoms with Crippen LogP contribution in [0.4, 0.5) is 0 Å². The molecule has 2 aromatic rings. The van der Waals surface area contributed by atoms with Crippen molar-refractivity contribution in [3.8, 4) is 5.75 Å². The molecule has 0 bridgehead atoms. The van der Waals surface area contributed by atoms with Crippen molar-refractivity contribution in [3.05, 3.63) is 42.0 Å². The molecular formula is C17H18O4. The molecule has 0 spiro atoms. The average Bonchev–Trinajstić information content (AvgIpc) is 2.44. The summed E-state index contributed by atoms with van der Waals surface area (Å²) in [6, 6.07) is 11.0. The summed E-state index contributed by atoms with van der Waals surface area (Å²) in [6.07, 6.45) is 0. The van der Waals surface area contributed by atoms with Gasteiger partial charge < -0.3 is 9.47 Å². The normalized spacial score (nSPS) is 11.2. The van der Waals surface area contributed by atoms with Crippen LogP contribution in [-0.4, -0.2) is 24.5 Å². The van der Waals surface area contributed by atoms with Gasteiger partial charge in [-0.15, -0.1) is 0 Å². The summed E-state index contributed by atoms with van der Waals surface area (Å²) in [5, 5.41) is 1.91. The maximum absolute atomic E-state index is 12.5. The molecular weight excluding hydrogens is 268 g/mol. The zero-order chi connectivity index (χ0) is 15.6.